The fourth-order valence-electron chi connectivity index (χ4n) is 5.11. The number of nitrogens with one attached hydrogen (secondary N) is 1. The zero-order chi connectivity index (χ0) is 27.7. The maximum absolute atomic E-state index is 13.6. The summed E-state index contributed by atoms with van der Waals surface area (Å²) in [7, 11) is 1.63. The molecule has 0 aliphatic carbocycles. The van der Waals surface area contributed by atoms with Crippen LogP contribution in [-0.2, 0) is 9.59 Å². The summed E-state index contributed by atoms with van der Waals surface area (Å²) < 4.78 is 5.32. The number of benzene rings is 2. The lowest BCUT2D eigenvalue weighted by molar-refractivity contribution is -0.137. The number of nitriles is 1. The van der Waals surface area contributed by atoms with Crippen molar-refractivity contribution in [2.75, 3.05) is 56.6 Å². The number of nitrogens with zero attached hydrogens (tertiary/aromatic N) is 4. The van der Waals surface area contributed by atoms with Crippen molar-refractivity contribution in [3.8, 4) is 11.8 Å². The van der Waals surface area contributed by atoms with E-state index in [0.29, 0.717) is 50.5 Å². The first kappa shape index (κ1) is 29.0. The van der Waals surface area contributed by atoms with Crippen LogP contribution in [0.5, 0.6) is 5.75 Å². The van der Waals surface area contributed by atoms with Crippen LogP contribution in [0.4, 0.5) is 11.4 Å². The van der Waals surface area contributed by atoms with Gasteiger partial charge in [0.1, 0.15) is 17.9 Å². The molecule has 1 fully saturated rings. The largest absolute Gasteiger partial charge is 0.497 e. The summed E-state index contributed by atoms with van der Waals surface area (Å²) in [5, 5.41) is 12.8. The molecule has 1 aliphatic rings. The molecule has 8 nitrogen and oxygen atoms in total. The van der Waals surface area contributed by atoms with Gasteiger partial charge >= 0.3 is 0 Å². The maximum Gasteiger partial charge on any atom is 0.244 e. The summed E-state index contributed by atoms with van der Waals surface area (Å²) >= 11 is 0. The minimum absolute atomic E-state index is 0.0114. The maximum atomic E-state index is 13.6. The number of amides is 2. The molecule has 1 heterocycles. The van der Waals surface area contributed by atoms with Gasteiger partial charge in [-0.05, 0) is 62.6 Å². The van der Waals surface area contributed by atoms with E-state index < -0.39 is 0 Å². The van der Waals surface area contributed by atoms with E-state index in [4.69, 9.17) is 4.74 Å². The van der Waals surface area contributed by atoms with Gasteiger partial charge in [0.2, 0.25) is 11.8 Å². The molecule has 8 heteroatoms. The molecular weight excluding hydrogens is 478 g/mol. The number of hydrogen-bond acceptors (Lipinski definition) is 6. The highest BCUT2D eigenvalue weighted by Gasteiger charge is 2.33. The minimum Gasteiger partial charge on any atom is -0.497 e. The smallest absolute Gasteiger partial charge is 0.244 e. The van der Waals surface area contributed by atoms with Gasteiger partial charge in [0, 0.05) is 50.9 Å². The number of carbonyl (C=O) groups excluding carboxylic acids is 2. The first-order valence-electron chi connectivity index (χ1n) is 13.7. The molecule has 1 unspecified atom stereocenters. The second-order valence-electron chi connectivity index (χ2n) is 9.56. The zero-order valence-electron chi connectivity index (χ0n) is 23.4. The second kappa shape index (κ2) is 13.8. The summed E-state index contributed by atoms with van der Waals surface area (Å²) in [6.07, 6.45) is 1.56. The topological polar surface area (TPSA) is 88.9 Å². The van der Waals surface area contributed by atoms with Crippen LogP contribution in [0, 0.1) is 17.2 Å². The van der Waals surface area contributed by atoms with Crippen molar-refractivity contribution in [3.05, 3.63) is 53.6 Å². The highest BCUT2D eigenvalue weighted by molar-refractivity contribution is 5.93. The Hall–Kier alpha value is -3.57. The summed E-state index contributed by atoms with van der Waals surface area (Å²) in [5.41, 5.74) is 2.98. The van der Waals surface area contributed by atoms with E-state index in [0.717, 1.165) is 29.8 Å². The van der Waals surface area contributed by atoms with Gasteiger partial charge < -0.3 is 19.9 Å². The van der Waals surface area contributed by atoms with E-state index >= 15 is 0 Å². The number of rotatable bonds is 11. The van der Waals surface area contributed by atoms with Gasteiger partial charge in [-0.3, -0.25) is 14.5 Å². The highest BCUT2D eigenvalue weighted by atomic mass is 16.5. The van der Waals surface area contributed by atoms with Crippen molar-refractivity contribution >= 4 is 23.2 Å². The van der Waals surface area contributed by atoms with Crippen LogP contribution in [0.2, 0.25) is 0 Å². The number of likely N-dealkylation sites (N-methyl/N-ethyl adjacent to an activating group) is 1. The molecule has 1 N–H and O–H groups in total. The Morgan fingerprint density at radius 1 is 1.00 bits per heavy atom. The first-order valence-corrected chi connectivity index (χ1v) is 13.7. The molecule has 204 valence electrons. The van der Waals surface area contributed by atoms with Crippen LogP contribution >= 0.6 is 0 Å². The Bertz CT molecular complexity index is 1110. The molecule has 2 aromatic rings. The Balaban J connectivity index is 1.77. The van der Waals surface area contributed by atoms with Crippen molar-refractivity contribution < 1.29 is 14.3 Å². The quantitative estimate of drug-likeness (QED) is 0.464. The summed E-state index contributed by atoms with van der Waals surface area (Å²) in [5.74, 6) is 0.814. The monoisotopic (exact) mass is 519 g/mol. The molecule has 0 radical (unpaired) electrons. The summed E-state index contributed by atoms with van der Waals surface area (Å²) in [4.78, 5) is 32.4. The van der Waals surface area contributed by atoms with Crippen molar-refractivity contribution in [3.63, 3.8) is 0 Å². The van der Waals surface area contributed by atoms with Gasteiger partial charge in [-0.15, -0.1) is 0 Å². The third kappa shape index (κ3) is 6.65. The third-order valence-electron chi connectivity index (χ3n) is 7.50. The first-order chi connectivity index (χ1) is 18.4. The van der Waals surface area contributed by atoms with Gasteiger partial charge in [0.25, 0.3) is 0 Å². The van der Waals surface area contributed by atoms with Crippen LogP contribution in [0.15, 0.2) is 42.5 Å². The highest BCUT2D eigenvalue weighted by Crippen LogP contribution is 2.30. The molecule has 0 aromatic heterocycles. The Morgan fingerprint density at radius 3 is 2.16 bits per heavy atom. The van der Waals surface area contributed by atoms with Crippen molar-refractivity contribution in [2.45, 2.75) is 46.6 Å². The standard InChI is InChI=1S/C30H41N5O3/c1-6-22(7-2)29(36)32-25-12-15-27(24(20-25)21-31)34-16-18-35(19-17-34)28(30(37)33(8-3)9-4)23-10-13-26(38-5)14-11-23/h10-15,20,22,28H,6-9,16-19H2,1-5H3,(H,32,36). The van der Waals surface area contributed by atoms with E-state index in [1.807, 2.05) is 69.0 Å². The lowest BCUT2D eigenvalue weighted by Crippen LogP contribution is -2.51. The second-order valence-corrected chi connectivity index (χ2v) is 9.56. The van der Waals surface area contributed by atoms with Crippen molar-refractivity contribution in [1.82, 2.24) is 9.80 Å². The number of ether oxygens (including phenoxy) is 1. The average molecular weight is 520 g/mol. The van der Waals surface area contributed by atoms with Crippen LogP contribution in [0.1, 0.15) is 57.7 Å². The summed E-state index contributed by atoms with van der Waals surface area (Å²) in [6.45, 7) is 12.1. The zero-order valence-corrected chi connectivity index (χ0v) is 23.4. The lowest BCUT2D eigenvalue weighted by Gasteiger charge is -2.41. The van der Waals surface area contributed by atoms with Gasteiger partial charge in [0.05, 0.1) is 18.4 Å². The number of piperazine rings is 1. The average Bonchev–Trinajstić information content (AvgIpc) is 2.95. The van der Waals surface area contributed by atoms with E-state index in [1.165, 1.54) is 0 Å². The van der Waals surface area contributed by atoms with E-state index in [1.54, 1.807) is 13.2 Å². The van der Waals surface area contributed by atoms with E-state index in [-0.39, 0.29) is 23.8 Å². The number of carbonyl (C=O) groups is 2. The molecule has 38 heavy (non-hydrogen) atoms. The van der Waals surface area contributed by atoms with E-state index in [2.05, 4.69) is 21.2 Å². The molecule has 1 aliphatic heterocycles. The third-order valence-corrected chi connectivity index (χ3v) is 7.50. The lowest BCUT2D eigenvalue weighted by atomic mass is 10.0. The molecule has 1 saturated heterocycles. The fraction of sp³-hybridized carbons (Fsp3) is 0.500. The molecular formula is C30H41N5O3. The van der Waals surface area contributed by atoms with Crippen LogP contribution in [0.25, 0.3) is 0 Å². The van der Waals surface area contributed by atoms with Crippen molar-refractivity contribution in [2.24, 2.45) is 5.92 Å². The van der Waals surface area contributed by atoms with Gasteiger partial charge in [-0.2, -0.15) is 5.26 Å². The Kier molecular flexibility index (Phi) is 10.5. The molecule has 0 spiro atoms. The van der Waals surface area contributed by atoms with Crippen molar-refractivity contribution in [1.29, 1.82) is 5.26 Å². The van der Waals surface area contributed by atoms with Crippen LogP contribution in [0.3, 0.4) is 0 Å². The van der Waals surface area contributed by atoms with Gasteiger partial charge in [-0.25, -0.2) is 0 Å². The number of anilines is 2. The molecule has 0 saturated carbocycles. The van der Waals surface area contributed by atoms with Gasteiger partial charge in [0.15, 0.2) is 0 Å². The Morgan fingerprint density at radius 2 is 1.63 bits per heavy atom. The fourth-order valence-corrected chi connectivity index (χ4v) is 5.11. The van der Waals surface area contributed by atoms with Crippen LogP contribution < -0.4 is 15.0 Å². The summed E-state index contributed by atoms with van der Waals surface area (Å²) in [6, 6.07) is 15.2. The predicted molar refractivity (Wildman–Crippen MR) is 151 cm³/mol. The molecule has 2 amide bonds. The molecule has 3 rings (SSSR count). The predicted octanol–water partition coefficient (Wildman–Crippen LogP) is 4.67. The minimum atomic E-state index is -0.374. The molecule has 1 atom stereocenters. The van der Waals surface area contributed by atoms with E-state index in [9.17, 15) is 14.9 Å². The van der Waals surface area contributed by atoms with Gasteiger partial charge in [-0.1, -0.05) is 26.0 Å². The van der Waals surface area contributed by atoms with Crippen LogP contribution in [-0.4, -0.2) is 68.0 Å². The molecule has 2 aromatic carbocycles. The SMILES string of the molecule is CCC(CC)C(=O)Nc1ccc(N2CCN(C(C(=O)N(CC)CC)c3ccc(OC)cc3)CC2)c(C#N)c1. The Labute approximate surface area is 227 Å². The molecule has 0 bridgehead atoms. The number of methoxy groups -OCH3 is 1. The number of hydrogen-bond donors (Lipinski definition) is 1. The normalized spacial score (nSPS) is 14.6.